The van der Waals surface area contributed by atoms with E-state index in [4.69, 9.17) is 18.7 Å². The van der Waals surface area contributed by atoms with E-state index in [9.17, 15) is 13.2 Å². The van der Waals surface area contributed by atoms with Crippen molar-refractivity contribution in [3.63, 3.8) is 0 Å². The second-order valence-electron chi connectivity index (χ2n) is 6.77. The van der Waals surface area contributed by atoms with Gasteiger partial charge in [-0.25, -0.2) is 8.42 Å². The fraction of sp³-hybridized carbons (Fsp3) is 0.526. The Balaban J connectivity index is 1.66. The molecule has 164 valence electrons. The van der Waals surface area contributed by atoms with Crippen LogP contribution in [0, 0.1) is 0 Å². The lowest BCUT2D eigenvalue weighted by Crippen LogP contribution is -2.42. The first-order chi connectivity index (χ1) is 14.4. The summed E-state index contributed by atoms with van der Waals surface area (Å²) in [5.74, 6) is 0.876. The van der Waals surface area contributed by atoms with E-state index >= 15 is 0 Å². The molecule has 1 saturated heterocycles. The Kier molecular flexibility index (Phi) is 6.93. The molecule has 2 heterocycles. The van der Waals surface area contributed by atoms with Crippen molar-refractivity contribution in [2.45, 2.75) is 38.8 Å². The van der Waals surface area contributed by atoms with Gasteiger partial charge in [0.1, 0.15) is 17.5 Å². The summed E-state index contributed by atoms with van der Waals surface area (Å²) in [5, 5.41) is 3.90. The highest BCUT2D eigenvalue weighted by molar-refractivity contribution is 7.89. The van der Waals surface area contributed by atoms with Gasteiger partial charge in [0.25, 0.3) is 5.89 Å². The van der Waals surface area contributed by atoms with Gasteiger partial charge in [0.05, 0.1) is 25.5 Å². The highest BCUT2D eigenvalue weighted by Crippen LogP contribution is 2.31. The third kappa shape index (κ3) is 4.73. The van der Waals surface area contributed by atoms with E-state index in [0.29, 0.717) is 42.9 Å². The molecule has 1 fully saturated rings. The number of nitrogens with zero attached hydrogens (tertiary/aromatic N) is 3. The van der Waals surface area contributed by atoms with Crippen molar-refractivity contribution in [3.05, 3.63) is 24.1 Å². The minimum atomic E-state index is -3.48. The lowest BCUT2D eigenvalue weighted by Gasteiger charge is -2.22. The summed E-state index contributed by atoms with van der Waals surface area (Å²) in [5.41, 5.74) is 0.590. The Morgan fingerprint density at radius 3 is 2.80 bits per heavy atom. The molecule has 3 rings (SSSR count). The number of hydrogen-bond donors (Lipinski definition) is 0. The average Bonchev–Trinajstić information content (AvgIpc) is 3.41. The first-order valence-corrected chi connectivity index (χ1v) is 11.2. The number of ether oxygens (including phenoxy) is 3. The highest BCUT2D eigenvalue weighted by Gasteiger charge is 2.39. The van der Waals surface area contributed by atoms with Crippen LogP contribution in [0.15, 0.2) is 22.7 Å². The Hall–Kier alpha value is -2.66. The third-order valence-electron chi connectivity index (χ3n) is 4.75. The predicted molar refractivity (Wildman–Crippen MR) is 106 cm³/mol. The van der Waals surface area contributed by atoms with Crippen LogP contribution in [-0.2, 0) is 26.2 Å². The van der Waals surface area contributed by atoms with Gasteiger partial charge in [0.2, 0.25) is 15.8 Å². The van der Waals surface area contributed by atoms with E-state index in [-0.39, 0.29) is 24.1 Å². The predicted octanol–water partition coefficient (Wildman–Crippen LogP) is 2.00. The first kappa shape index (κ1) is 22.0. The van der Waals surface area contributed by atoms with Crippen molar-refractivity contribution in [2.75, 3.05) is 26.5 Å². The number of carbonyl (C=O) groups excluding carboxylic acids is 1. The minimum absolute atomic E-state index is 0.00743. The summed E-state index contributed by atoms with van der Waals surface area (Å²) in [7, 11) is -0.411. The smallest absolute Gasteiger partial charge is 0.324 e. The number of hydrogen-bond acceptors (Lipinski definition) is 9. The largest absolute Gasteiger partial charge is 0.497 e. The molecule has 2 aromatic rings. The number of benzene rings is 1. The number of esters is 1. The molecule has 1 aliphatic heterocycles. The molecule has 1 atom stereocenters. The topological polar surface area (TPSA) is 121 Å². The zero-order valence-corrected chi connectivity index (χ0v) is 18.0. The van der Waals surface area contributed by atoms with Crippen LogP contribution in [0.4, 0.5) is 0 Å². The number of aromatic nitrogens is 2. The van der Waals surface area contributed by atoms with Crippen molar-refractivity contribution in [1.29, 1.82) is 0 Å². The normalized spacial score (nSPS) is 17.1. The molecule has 30 heavy (non-hydrogen) atoms. The molecule has 1 unspecified atom stereocenters. The molecule has 11 heteroatoms. The van der Waals surface area contributed by atoms with E-state index < -0.39 is 22.0 Å². The molecule has 0 bridgehead atoms. The maximum absolute atomic E-state index is 12.5. The van der Waals surface area contributed by atoms with Gasteiger partial charge in [-0.1, -0.05) is 12.1 Å². The highest BCUT2D eigenvalue weighted by atomic mass is 32.2. The number of carbonyl (C=O) groups is 1. The molecule has 10 nitrogen and oxygen atoms in total. The molecule has 0 spiro atoms. The van der Waals surface area contributed by atoms with Crippen LogP contribution >= 0.6 is 0 Å². The third-order valence-corrected chi connectivity index (χ3v) is 6.83. The zero-order valence-electron chi connectivity index (χ0n) is 17.2. The van der Waals surface area contributed by atoms with Crippen LogP contribution in [0.5, 0.6) is 11.5 Å². The number of methoxy groups -OCH3 is 2. The van der Waals surface area contributed by atoms with Gasteiger partial charge in [0, 0.05) is 12.6 Å². The van der Waals surface area contributed by atoms with Crippen LogP contribution in [0.2, 0.25) is 0 Å². The van der Waals surface area contributed by atoms with E-state index in [1.54, 1.807) is 32.2 Å². The van der Waals surface area contributed by atoms with Crippen LogP contribution in [0.1, 0.15) is 32.1 Å². The van der Waals surface area contributed by atoms with E-state index in [1.165, 1.54) is 11.4 Å². The first-order valence-electron chi connectivity index (χ1n) is 9.60. The maximum Gasteiger partial charge on any atom is 0.324 e. The second-order valence-corrected chi connectivity index (χ2v) is 8.81. The zero-order chi connectivity index (χ0) is 21.7. The van der Waals surface area contributed by atoms with E-state index in [2.05, 4.69) is 10.1 Å². The minimum Gasteiger partial charge on any atom is -0.497 e. The van der Waals surface area contributed by atoms with Crippen molar-refractivity contribution >= 4 is 16.0 Å². The summed E-state index contributed by atoms with van der Waals surface area (Å²) in [6.45, 7) is 1.86. The van der Waals surface area contributed by atoms with Crippen molar-refractivity contribution < 1.29 is 31.9 Å². The van der Waals surface area contributed by atoms with Gasteiger partial charge >= 0.3 is 5.97 Å². The van der Waals surface area contributed by atoms with Crippen LogP contribution in [0.25, 0.3) is 11.4 Å². The fourth-order valence-electron chi connectivity index (χ4n) is 3.32. The number of sulfonamides is 1. The molecular weight excluding hydrogens is 414 g/mol. The van der Waals surface area contributed by atoms with Gasteiger partial charge in [0.15, 0.2) is 6.61 Å². The quantitative estimate of drug-likeness (QED) is 0.540. The lowest BCUT2D eigenvalue weighted by molar-refractivity contribution is -0.149. The molecule has 1 aromatic carbocycles. The lowest BCUT2D eigenvalue weighted by atomic mass is 10.2. The fourth-order valence-corrected chi connectivity index (χ4v) is 5.06. The standard InChI is InChI=1S/C19H25N3O7S/c1-4-10-30(24,25)22-9-5-6-15(22)19(23)28-12-17-20-18(21-29-17)14-8-7-13(26-2)11-16(14)27-3/h7-8,11,15H,4-6,9-10,12H2,1-3H3. The Morgan fingerprint density at radius 1 is 1.30 bits per heavy atom. The van der Waals surface area contributed by atoms with Gasteiger partial charge in [-0.15, -0.1) is 0 Å². The van der Waals surface area contributed by atoms with Crippen LogP contribution < -0.4 is 9.47 Å². The molecule has 0 saturated carbocycles. The second kappa shape index (κ2) is 9.43. The molecule has 0 radical (unpaired) electrons. The number of rotatable bonds is 9. The Labute approximate surface area is 175 Å². The van der Waals surface area contributed by atoms with Gasteiger partial charge in [-0.2, -0.15) is 9.29 Å². The average molecular weight is 439 g/mol. The molecular formula is C19H25N3O7S. The summed E-state index contributed by atoms with van der Waals surface area (Å²) < 4.78 is 46.9. The molecule has 0 amide bonds. The van der Waals surface area contributed by atoms with Gasteiger partial charge in [-0.3, -0.25) is 4.79 Å². The summed E-state index contributed by atoms with van der Waals surface area (Å²) in [6.07, 6.45) is 1.53. The summed E-state index contributed by atoms with van der Waals surface area (Å²) >= 11 is 0. The van der Waals surface area contributed by atoms with Crippen LogP contribution in [0.3, 0.4) is 0 Å². The van der Waals surface area contributed by atoms with Crippen molar-refractivity contribution in [2.24, 2.45) is 0 Å². The molecule has 1 aromatic heterocycles. The van der Waals surface area contributed by atoms with Crippen molar-refractivity contribution in [1.82, 2.24) is 14.4 Å². The van der Waals surface area contributed by atoms with Gasteiger partial charge < -0.3 is 18.7 Å². The van der Waals surface area contributed by atoms with E-state index in [1.807, 2.05) is 0 Å². The van der Waals surface area contributed by atoms with Gasteiger partial charge in [-0.05, 0) is 31.4 Å². The molecule has 1 aliphatic rings. The van der Waals surface area contributed by atoms with E-state index in [0.717, 1.165) is 0 Å². The van der Waals surface area contributed by atoms with Crippen LogP contribution in [-0.4, -0.2) is 61.4 Å². The van der Waals surface area contributed by atoms with Crippen molar-refractivity contribution in [3.8, 4) is 22.9 Å². The Bertz CT molecular complexity index is 990. The molecule has 0 N–H and O–H groups in total. The molecule has 0 aliphatic carbocycles. The summed E-state index contributed by atoms with van der Waals surface area (Å²) in [6, 6.07) is 4.34. The maximum atomic E-state index is 12.5. The monoisotopic (exact) mass is 439 g/mol. The SMILES string of the molecule is CCCS(=O)(=O)N1CCCC1C(=O)OCc1nc(-c2ccc(OC)cc2OC)no1. The Morgan fingerprint density at radius 2 is 2.10 bits per heavy atom. The summed E-state index contributed by atoms with van der Waals surface area (Å²) in [4.78, 5) is 16.7.